The minimum Gasteiger partial charge on any atom is -0.481 e. The quantitative estimate of drug-likeness (QED) is 0.172. The van der Waals surface area contributed by atoms with E-state index in [1.807, 2.05) is 0 Å². The fourth-order valence-electron chi connectivity index (χ4n) is 2.54. The van der Waals surface area contributed by atoms with Crippen LogP contribution in [0.2, 0.25) is 5.02 Å². The molecule has 168 valence electrons. The first kappa shape index (κ1) is 23.4. The maximum absolute atomic E-state index is 12.1. The Morgan fingerprint density at radius 2 is 1.61 bits per heavy atom. The van der Waals surface area contributed by atoms with Crippen LogP contribution in [0.1, 0.15) is 22.8 Å². The Balaban J connectivity index is 1.49. The number of rotatable bonds is 8. The number of non-ortho nitro benzene ring substituents is 1. The van der Waals surface area contributed by atoms with Crippen molar-refractivity contribution >= 4 is 35.4 Å². The topological polar surface area (TPSA) is 120 Å². The summed E-state index contributed by atoms with van der Waals surface area (Å²) in [7, 11) is 0. The third kappa shape index (κ3) is 6.88. The van der Waals surface area contributed by atoms with Gasteiger partial charge in [0.1, 0.15) is 11.5 Å². The molecule has 0 aliphatic carbocycles. The van der Waals surface area contributed by atoms with E-state index in [0.717, 1.165) is 0 Å². The van der Waals surface area contributed by atoms with Crippen LogP contribution < -0.4 is 14.9 Å². The van der Waals surface area contributed by atoms with Crippen LogP contribution in [-0.4, -0.2) is 29.1 Å². The van der Waals surface area contributed by atoms with Gasteiger partial charge in [-0.3, -0.25) is 14.9 Å². The third-order valence-electron chi connectivity index (χ3n) is 4.29. The van der Waals surface area contributed by atoms with E-state index >= 15 is 0 Å². The van der Waals surface area contributed by atoms with Gasteiger partial charge in [0.15, 0.2) is 6.10 Å². The third-order valence-corrected chi connectivity index (χ3v) is 4.54. The summed E-state index contributed by atoms with van der Waals surface area (Å²) >= 11 is 5.81. The van der Waals surface area contributed by atoms with Crippen molar-refractivity contribution in [1.29, 1.82) is 0 Å². The van der Waals surface area contributed by atoms with E-state index < -0.39 is 22.9 Å². The average Bonchev–Trinajstić information content (AvgIpc) is 2.81. The van der Waals surface area contributed by atoms with E-state index in [-0.39, 0.29) is 5.69 Å². The largest absolute Gasteiger partial charge is 0.481 e. The molecule has 0 heterocycles. The lowest BCUT2D eigenvalue weighted by Crippen LogP contribution is -2.33. The van der Waals surface area contributed by atoms with E-state index in [9.17, 15) is 19.7 Å². The Morgan fingerprint density at radius 3 is 2.21 bits per heavy atom. The first-order valence-electron chi connectivity index (χ1n) is 9.63. The number of esters is 1. The summed E-state index contributed by atoms with van der Waals surface area (Å²) in [6.45, 7) is 1.52. The molecule has 0 aliphatic heterocycles. The van der Waals surface area contributed by atoms with E-state index in [4.69, 9.17) is 21.1 Å². The minimum absolute atomic E-state index is 0.0742. The zero-order valence-corrected chi connectivity index (χ0v) is 18.1. The highest BCUT2D eigenvalue weighted by Gasteiger charge is 2.15. The molecule has 3 rings (SSSR count). The Bertz CT molecular complexity index is 1160. The molecule has 0 saturated carbocycles. The summed E-state index contributed by atoms with van der Waals surface area (Å²) in [6, 6.07) is 18.2. The molecule has 10 heteroatoms. The van der Waals surface area contributed by atoms with Crippen LogP contribution in [0, 0.1) is 10.1 Å². The standard InChI is InChI=1S/C23H18ClN3O6/c1-15(32-20-12-8-19(9-13-20)27(30)31)22(28)26-25-14-16-2-10-21(11-3-16)33-23(29)17-4-6-18(24)7-5-17/h2-15H,1H3,(H,26,28). The Hall–Kier alpha value is -4.24. The van der Waals surface area contributed by atoms with Gasteiger partial charge in [-0.25, -0.2) is 10.2 Å². The number of ether oxygens (including phenoxy) is 2. The van der Waals surface area contributed by atoms with Crippen molar-refractivity contribution in [2.75, 3.05) is 0 Å². The molecule has 9 nitrogen and oxygen atoms in total. The van der Waals surface area contributed by atoms with Gasteiger partial charge in [0, 0.05) is 17.2 Å². The number of hydrazone groups is 1. The second-order valence-corrected chi connectivity index (χ2v) is 7.15. The summed E-state index contributed by atoms with van der Waals surface area (Å²) in [6.07, 6.45) is 0.541. The van der Waals surface area contributed by atoms with E-state index in [0.29, 0.717) is 27.6 Å². The molecule has 0 aliphatic rings. The molecule has 0 bridgehead atoms. The number of hydrogen-bond acceptors (Lipinski definition) is 7. The van der Waals surface area contributed by atoms with Crippen LogP contribution in [0.3, 0.4) is 0 Å². The minimum atomic E-state index is -0.877. The molecule has 1 amide bonds. The van der Waals surface area contributed by atoms with E-state index in [1.54, 1.807) is 48.5 Å². The number of carbonyl (C=O) groups is 2. The van der Waals surface area contributed by atoms with Crippen molar-refractivity contribution in [3.8, 4) is 11.5 Å². The number of nitrogens with one attached hydrogen (secondary N) is 1. The van der Waals surface area contributed by atoms with Gasteiger partial charge in [-0.05, 0) is 73.2 Å². The number of amides is 1. The number of nitro benzene ring substituents is 1. The van der Waals surface area contributed by atoms with Crippen LogP contribution in [-0.2, 0) is 4.79 Å². The molecule has 1 unspecified atom stereocenters. The van der Waals surface area contributed by atoms with Gasteiger partial charge in [-0.15, -0.1) is 0 Å². The van der Waals surface area contributed by atoms with Gasteiger partial charge in [-0.2, -0.15) is 5.10 Å². The summed E-state index contributed by atoms with van der Waals surface area (Å²) in [4.78, 5) is 34.4. The maximum atomic E-state index is 12.1. The van der Waals surface area contributed by atoms with Crippen LogP contribution in [0.15, 0.2) is 77.9 Å². The summed E-state index contributed by atoms with van der Waals surface area (Å²) in [5.74, 6) is -0.349. The molecule has 3 aromatic carbocycles. The lowest BCUT2D eigenvalue weighted by Gasteiger charge is -2.12. The molecule has 0 aromatic heterocycles. The van der Waals surface area contributed by atoms with Gasteiger partial charge >= 0.3 is 5.97 Å². The zero-order chi connectivity index (χ0) is 23.8. The Kier molecular flexibility index (Phi) is 7.72. The highest BCUT2D eigenvalue weighted by atomic mass is 35.5. The lowest BCUT2D eigenvalue weighted by atomic mass is 10.2. The molecule has 3 aromatic rings. The number of halogens is 1. The zero-order valence-electron chi connectivity index (χ0n) is 17.3. The molecule has 0 saturated heterocycles. The Labute approximate surface area is 193 Å². The van der Waals surface area contributed by atoms with Gasteiger partial charge in [-0.1, -0.05) is 11.6 Å². The first-order valence-corrected chi connectivity index (χ1v) is 10.0. The SMILES string of the molecule is CC(Oc1ccc([N+](=O)[O-])cc1)C(=O)NN=Cc1ccc(OC(=O)c2ccc(Cl)cc2)cc1. The maximum Gasteiger partial charge on any atom is 0.343 e. The molecule has 33 heavy (non-hydrogen) atoms. The fraction of sp³-hybridized carbons (Fsp3) is 0.0870. The molecular formula is C23H18ClN3O6. The van der Waals surface area contributed by atoms with Gasteiger partial charge in [0.2, 0.25) is 0 Å². The van der Waals surface area contributed by atoms with E-state index in [1.165, 1.54) is 37.4 Å². The van der Waals surface area contributed by atoms with E-state index in [2.05, 4.69) is 10.5 Å². The van der Waals surface area contributed by atoms with Crippen LogP contribution >= 0.6 is 11.6 Å². The number of carbonyl (C=O) groups excluding carboxylic acids is 2. The predicted molar refractivity (Wildman–Crippen MR) is 122 cm³/mol. The van der Waals surface area contributed by atoms with Gasteiger partial charge < -0.3 is 9.47 Å². The lowest BCUT2D eigenvalue weighted by molar-refractivity contribution is -0.384. The van der Waals surface area contributed by atoms with Crippen molar-refractivity contribution in [2.45, 2.75) is 13.0 Å². The van der Waals surface area contributed by atoms with Gasteiger partial charge in [0.25, 0.3) is 11.6 Å². The highest BCUT2D eigenvalue weighted by molar-refractivity contribution is 6.30. The van der Waals surface area contributed by atoms with Crippen molar-refractivity contribution in [2.24, 2.45) is 5.10 Å². The Morgan fingerprint density at radius 1 is 1.00 bits per heavy atom. The number of hydrogen-bond donors (Lipinski definition) is 1. The second kappa shape index (κ2) is 10.9. The molecule has 0 radical (unpaired) electrons. The molecule has 1 N–H and O–H groups in total. The summed E-state index contributed by atoms with van der Waals surface area (Å²) < 4.78 is 10.7. The van der Waals surface area contributed by atoms with Crippen molar-refractivity contribution in [1.82, 2.24) is 5.43 Å². The first-order chi connectivity index (χ1) is 15.8. The second-order valence-electron chi connectivity index (χ2n) is 6.71. The van der Waals surface area contributed by atoms with Crippen LogP contribution in [0.4, 0.5) is 5.69 Å². The highest BCUT2D eigenvalue weighted by Crippen LogP contribution is 2.18. The molecule has 0 fully saturated rings. The van der Waals surface area contributed by atoms with Crippen molar-refractivity contribution in [3.05, 3.63) is 99.1 Å². The van der Waals surface area contributed by atoms with Crippen molar-refractivity contribution < 1.29 is 24.0 Å². The molecule has 1 atom stereocenters. The number of nitro groups is 1. The molecule has 0 spiro atoms. The average molecular weight is 468 g/mol. The van der Waals surface area contributed by atoms with Crippen LogP contribution in [0.25, 0.3) is 0 Å². The molecular weight excluding hydrogens is 450 g/mol. The fourth-order valence-corrected chi connectivity index (χ4v) is 2.67. The normalized spacial score (nSPS) is 11.6. The summed E-state index contributed by atoms with van der Waals surface area (Å²) in [5, 5.41) is 15.1. The van der Waals surface area contributed by atoms with Crippen LogP contribution in [0.5, 0.6) is 11.5 Å². The summed E-state index contributed by atoms with van der Waals surface area (Å²) in [5.41, 5.74) is 3.31. The van der Waals surface area contributed by atoms with Gasteiger partial charge in [0.05, 0.1) is 16.7 Å². The predicted octanol–water partition coefficient (Wildman–Crippen LogP) is 4.39. The smallest absolute Gasteiger partial charge is 0.343 e. The number of benzene rings is 3. The monoisotopic (exact) mass is 467 g/mol. The van der Waals surface area contributed by atoms with Crippen molar-refractivity contribution in [3.63, 3.8) is 0 Å². The number of nitrogens with zero attached hydrogens (tertiary/aromatic N) is 2.